The third kappa shape index (κ3) is 85.9. The molecule has 0 saturated heterocycles. The lowest BCUT2D eigenvalue weighted by Gasteiger charge is -2.17. The molecular weight excluding hydrogens is 1050 g/mol. The lowest BCUT2D eigenvalue weighted by molar-refractivity contribution is -0.150. The van der Waals surface area contributed by atoms with Gasteiger partial charge in [-0.3, -0.25) is 14.4 Å². The zero-order valence-corrected chi connectivity index (χ0v) is 58.3. The van der Waals surface area contributed by atoms with Crippen molar-refractivity contribution in [3.63, 3.8) is 0 Å². The van der Waals surface area contributed by atoms with Crippen molar-refractivity contribution in [2.45, 2.75) is 426 Å². The van der Waals surface area contributed by atoms with Crippen LogP contribution in [0.1, 0.15) is 420 Å². The average Bonchev–Trinajstić information content (AvgIpc) is 3.49. The maximum atomic E-state index is 12.3. The largest absolute Gasteiger partial charge is 0.481 e. The van der Waals surface area contributed by atoms with Gasteiger partial charge < -0.3 is 19.3 Å². The van der Waals surface area contributed by atoms with E-state index in [4.69, 9.17) is 19.3 Å². The first-order valence-electron chi connectivity index (χ1n) is 37.9. The van der Waals surface area contributed by atoms with Crippen LogP contribution >= 0.6 is 0 Å². The molecule has 0 rings (SSSR count). The van der Waals surface area contributed by atoms with Crippen molar-refractivity contribution >= 4 is 17.9 Å². The number of aliphatic carboxylic acids is 1. The smallest absolute Gasteiger partial charge is 0.306 e. The van der Waals surface area contributed by atoms with E-state index >= 15 is 0 Å². The number of hydrogen-bond donors (Lipinski definition) is 1. The molecule has 0 radical (unpaired) electrons. The maximum absolute atomic E-state index is 12.3. The van der Waals surface area contributed by atoms with Crippen LogP contribution in [0.4, 0.5) is 0 Å². The van der Waals surface area contributed by atoms with Gasteiger partial charge in [-0.1, -0.05) is 316 Å². The van der Waals surface area contributed by atoms with E-state index in [1.54, 1.807) is 0 Å². The van der Waals surface area contributed by atoms with E-state index in [1.807, 2.05) is 0 Å². The van der Waals surface area contributed by atoms with Gasteiger partial charge in [0.25, 0.3) is 0 Å². The van der Waals surface area contributed by atoms with Crippen LogP contribution in [0, 0.1) is 0 Å². The Morgan fingerprint density at radius 3 is 0.882 bits per heavy atom. The first-order chi connectivity index (χ1) is 41.8. The zero-order valence-electron chi connectivity index (χ0n) is 58.3. The quantitative estimate of drug-likeness (QED) is 0.0368. The fourth-order valence-electron chi connectivity index (χ4n) is 10.7. The van der Waals surface area contributed by atoms with Gasteiger partial charge in [0.05, 0.1) is 6.61 Å². The van der Waals surface area contributed by atoms with Gasteiger partial charge in [-0.15, -0.1) is 0 Å². The molecule has 0 aromatic rings. The topological polar surface area (TPSA) is 99.1 Å². The highest BCUT2D eigenvalue weighted by molar-refractivity contribution is 5.69. The van der Waals surface area contributed by atoms with Crippen molar-refractivity contribution in [2.75, 3.05) is 19.8 Å². The number of carbonyl (C=O) groups excluding carboxylic acids is 2. The molecule has 0 heterocycles. The number of allylic oxidation sites excluding steroid dienone is 6. The Bertz CT molecular complexity index is 1360. The molecule has 0 saturated carbocycles. The molecule has 1 N–H and O–H groups in total. The van der Waals surface area contributed by atoms with E-state index in [9.17, 15) is 14.4 Å². The van der Waals surface area contributed by atoms with Crippen molar-refractivity contribution in [1.82, 2.24) is 0 Å². The average molecular weight is 1200 g/mol. The molecule has 85 heavy (non-hydrogen) atoms. The zero-order chi connectivity index (χ0) is 62.5. The number of ether oxygens (including phenoxy) is 3. The molecule has 504 valence electrons. The van der Waals surface area contributed by atoms with Gasteiger partial charge in [0.1, 0.15) is 12.7 Å². The van der Waals surface area contributed by atoms with Crippen LogP contribution in [-0.2, 0) is 28.6 Å². The number of hydrogen-bond acceptors (Lipinski definition) is 6. The van der Waals surface area contributed by atoms with Crippen molar-refractivity contribution in [3.8, 4) is 0 Å². The van der Waals surface area contributed by atoms with Gasteiger partial charge in [0.2, 0.25) is 0 Å². The molecule has 0 aliphatic heterocycles. The van der Waals surface area contributed by atoms with Gasteiger partial charge in [-0.2, -0.15) is 0 Å². The molecule has 0 aliphatic carbocycles. The van der Waals surface area contributed by atoms with Crippen LogP contribution in [0.5, 0.6) is 0 Å². The summed E-state index contributed by atoms with van der Waals surface area (Å²) in [6.45, 7) is 15.1. The molecule has 0 spiro atoms. The number of carboxylic acid groups (broad SMARTS) is 1. The molecule has 7 heteroatoms. The maximum Gasteiger partial charge on any atom is 0.306 e. The summed E-state index contributed by atoms with van der Waals surface area (Å²) in [4.78, 5) is 34.3. The predicted molar refractivity (Wildman–Crippen MR) is 373 cm³/mol. The van der Waals surface area contributed by atoms with Crippen LogP contribution in [0.25, 0.3) is 0 Å². The molecule has 0 aliphatic rings. The lowest BCUT2D eigenvalue weighted by Crippen LogP contribution is -2.18. The minimum absolute atomic E-state index is 0.0277. The fourth-order valence-corrected chi connectivity index (χ4v) is 10.7. The summed E-state index contributed by atoms with van der Waals surface area (Å²) in [6.07, 6.45) is 87.3. The third-order valence-electron chi connectivity index (χ3n) is 16.4. The van der Waals surface area contributed by atoms with Crippen LogP contribution in [-0.4, -0.2) is 48.9 Å². The van der Waals surface area contributed by atoms with E-state index in [1.165, 1.54) is 276 Å². The molecule has 0 aromatic heterocycles. The number of esters is 2. The second-order valence-corrected chi connectivity index (χ2v) is 25.2. The SMILES string of the molecule is CCCCCCCC/C=C\CCCCCCCC(=O)O.CCCCCCCC/C=C\CCCCCCCC(=O)OC(CCC)CCCC/C=C\CCCCCCCC.CCCCCCCCCCCCCCCCCC(=O)OCCOCCCC. The second-order valence-electron chi connectivity index (χ2n) is 25.2. The molecule has 0 fully saturated rings. The summed E-state index contributed by atoms with van der Waals surface area (Å²) in [6, 6.07) is 0. The van der Waals surface area contributed by atoms with Crippen LogP contribution < -0.4 is 0 Å². The van der Waals surface area contributed by atoms with Crippen molar-refractivity contribution in [2.24, 2.45) is 0 Å². The van der Waals surface area contributed by atoms with Crippen LogP contribution in [0.15, 0.2) is 36.5 Å². The highest BCUT2D eigenvalue weighted by atomic mass is 16.6. The minimum atomic E-state index is -0.664. The minimum Gasteiger partial charge on any atom is -0.481 e. The van der Waals surface area contributed by atoms with E-state index in [-0.39, 0.29) is 18.0 Å². The summed E-state index contributed by atoms with van der Waals surface area (Å²) in [5.74, 6) is -0.702. The molecular formula is C78H150O7. The Balaban J connectivity index is -0.00000125. The number of rotatable bonds is 67. The third-order valence-corrected chi connectivity index (χ3v) is 16.4. The summed E-state index contributed by atoms with van der Waals surface area (Å²) in [5, 5.41) is 8.51. The van der Waals surface area contributed by atoms with Gasteiger partial charge in [0, 0.05) is 25.9 Å². The summed E-state index contributed by atoms with van der Waals surface area (Å²) >= 11 is 0. The Labute approximate surface area is 531 Å². The Morgan fingerprint density at radius 1 is 0.282 bits per heavy atom. The van der Waals surface area contributed by atoms with E-state index in [2.05, 4.69) is 78.0 Å². The number of unbranched alkanes of at least 4 members (excludes halogenated alkanes) is 45. The van der Waals surface area contributed by atoms with E-state index < -0.39 is 5.97 Å². The van der Waals surface area contributed by atoms with Gasteiger partial charge in [-0.05, 0) is 122 Å². The first-order valence-corrected chi connectivity index (χ1v) is 37.9. The summed E-state index contributed by atoms with van der Waals surface area (Å²) in [7, 11) is 0. The highest BCUT2D eigenvalue weighted by Gasteiger charge is 2.13. The fraction of sp³-hybridized carbons (Fsp3) is 0.885. The summed E-state index contributed by atoms with van der Waals surface area (Å²) in [5.41, 5.74) is 0. The van der Waals surface area contributed by atoms with E-state index in [0.717, 1.165) is 90.1 Å². The van der Waals surface area contributed by atoms with Gasteiger partial charge in [-0.25, -0.2) is 0 Å². The normalized spacial score (nSPS) is 11.8. The van der Waals surface area contributed by atoms with E-state index in [0.29, 0.717) is 32.5 Å². The Morgan fingerprint density at radius 2 is 0.565 bits per heavy atom. The highest BCUT2D eigenvalue weighted by Crippen LogP contribution is 2.18. The standard InChI is InChI=1S/C36H68O2.C24H48O3.C18H34O2/c1-4-7-9-11-13-15-17-19-20-21-23-25-27-29-31-34-36(37)38-35(32-6-3)33-30-28-26-24-22-18-16-14-12-10-8-5-2;1-3-5-7-8-9-10-11-12-13-14-15-16-17-18-19-20-24(25)27-23-22-26-21-6-4-2;1-2-3-4-5-6-7-8-9-10-11-12-13-14-15-16-17-18(19)20/h19-20,22,24,35H,4-18,21,23,25-34H2,1-3H3;3-23H2,1-2H3;9-10H,2-8,11-17H2,1H3,(H,19,20)/b20-19-,24-22-;;10-9-. The van der Waals surface area contributed by atoms with Gasteiger partial charge >= 0.3 is 17.9 Å². The van der Waals surface area contributed by atoms with Gasteiger partial charge in [0.15, 0.2) is 0 Å². The molecule has 0 amide bonds. The molecule has 0 aromatic carbocycles. The van der Waals surface area contributed by atoms with Crippen molar-refractivity contribution in [1.29, 1.82) is 0 Å². The Kier molecular flexibility index (Phi) is 83.3. The summed E-state index contributed by atoms with van der Waals surface area (Å²) < 4.78 is 16.4. The number of carboxylic acids is 1. The van der Waals surface area contributed by atoms with Crippen molar-refractivity contribution < 1.29 is 33.7 Å². The first kappa shape index (κ1) is 86.8. The molecule has 1 unspecified atom stereocenters. The molecule has 7 nitrogen and oxygen atoms in total. The lowest BCUT2D eigenvalue weighted by atomic mass is 10.0. The predicted octanol–water partition coefficient (Wildman–Crippen LogP) is 26.3. The van der Waals surface area contributed by atoms with Crippen molar-refractivity contribution in [3.05, 3.63) is 36.5 Å². The monoisotopic (exact) mass is 1200 g/mol. The Hall–Kier alpha value is -2.41. The van der Waals surface area contributed by atoms with Crippen LogP contribution in [0.3, 0.4) is 0 Å². The van der Waals surface area contributed by atoms with Crippen LogP contribution in [0.2, 0.25) is 0 Å². The second kappa shape index (κ2) is 81.6. The molecule has 1 atom stereocenters. The number of carbonyl (C=O) groups is 3. The molecule has 0 bridgehead atoms.